The third-order valence-electron chi connectivity index (χ3n) is 4.04. The number of sulfonamides is 1. The molecule has 1 aromatic rings. The maximum atomic E-state index is 12.9. The van der Waals surface area contributed by atoms with Crippen LogP contribution >= 0.6 is 0 Å². The van der Waals surface area contributed by atoms with Crippen molar-refractivity contribution in [1.29, 1.82) is 0 Å². The van der Waals surface area contributed by atoms with Gasteiger partial charge in [0.15, 0.2) is 9.84 Å². The molecule has 0 amide bonds. The number of aryl methyl sites for hydroxylation is 1. The highest BCUT2D eigenvalue weighted by atomic mass is 32.2. The van der Waals surface area contributed by atoms with Crippen molar-refractivity contribution in [2.45, 2.75) is 43.2 Å². The van der Waals surface area contributed by atoms with Crippen LogP contribution in [0, 0.1) is 6.92 Å². The fourth-order valence-electron chi connectivity index (χ4n) is 2.89. The van der Waals surface area contributed by atoms with Crippen molar-refractivity contribution in [3.8, 4) is 0 Å². The number of nitrogens with zero attached hydrogens (tertiary/aromatic N) is 1. The molecule has 0 spiro atoms. The minimum absolute atomic E-state index is 0.0335. The normalized spacial score (nSPS) is 25.3. The highest BCUT2D eigenvalue weighted by Gasteiger charge is 2.46. The van der Waals surface area contributed by atoms with Crippen LogP contribution in [0.25, 0.3) is 0 Å². The van der Waals surface area contributed by atoms with Crippen LogP contribution in [-0.4, -0.2) is 44.7 Å². The van der Waals surface area contributed by atoms with Gasteiger partial charge in [0.2, 0.25) is 10.0 Å². The first-order valence-corrected chi connectivity index (χ1v) is 10.4. The lowest BCUT2D eigenvalue weighted by Gasteiger charge is -2.27. The topological polar surface area (TPSA) is 71.5 Å². The Balaban J connectivity index is 1.98. The molecule has 1 saturated heterocycles. The SMILES string of the molecule is Cc1cccc(S(=O)(=O)N(C2CC2)C2CCS(=O)(=O)C2)c1. The number of hydrogen-bond acceptors (Lipinski definition) is 4. The molecule has 0 radical (unpaired) electrons. The van der Waals surface area contributed by atoms with Crippen molar-refractivity contribution in [2.24, 2.45) is 0 Å². The molecule has 3 rings (SSSR count). The summed E-state index contributed by atoms with van der Waals surface area (Å²) in [7, 11) is -6.73. The fourth-order valence-corrected chi connectivity index (χ4v) is 6.70. The average molecular weight is 329 g/mol. The van der Waals surface area contributed by atoms with Crippen LogP contribution in [0.2, 0.25) is 0 Å². The van der Waals surface area contributed by atoms with Gasteiger partial charge in [0.25, 0.3) is 0 Å². The summed E-state index contributed by atoms with van der Waals surface area (Å²) in [4.78, 5) is 0.263. The molecule has 1 heterocycles. The second-order valence-corrected chi connectivity index (χ2v) is 10.0. The van der Waals surface area contributed by atoms with E-state index in [-0.39, 0.29) is 22.4 Å². The average Bonchev–Trinajstić information content (AvgIpc) is 3.14. The second-order valence-electron chi connectivity index (χ2n) is 5.94. The molecular formula is C14H19NO4S2. The molecule has 0 bridgehead atoms. The first-order valence-electron chi connectivity index (χ1n) is 7.10. The van der Waals surface area contributed by atoms with Crippen molar-refractivity contribution >= 4 is 19.9 Å². The lowest BCUT2D eigenvalue weighted by Crippen LogP contribution is -2.42. The second kappa shape index (κ2) is 5.07. The van der Waals surface area contributed by atoms with Gasteiger partial charge in [0.1, 0.15) is 0 Å². The molecule has 2 aliphatic rings. The molecule has 1 atom stereocenters. The Morgan fingerprint density at radius 1 is 1.14 bits per heavy atom. The van der Waals surface area contributed by atoms with Crippen LogP contribution in [0.3, 0.4) is 0 Å². The van der Waals surface area contributed by atoms with Gasteiger partial charge >= 0.3 is 0 Å². The summed E-state index contributed by atoms with van der Waals surface area (Å²) in [5.41, 5.74) is 0.880. The van der Waals surface area contributed by atoms with Gasteiger partial charge in [-0.3, -0.25) is 0 Å². The zero-order valence-electron chi connectivity index (χ0n) is 11.9. The van der Waals surface area contributed by atoms with Crippen LogP contribution in [-0.2, 0) is 19.9 Å². The Hall–Kier alpha value is -0.920. The summed E-state index contributed by atoms with van der Waals surface area (Å²) < 4.78 is 50.6. The van der Waals surface area contributed by atoms with Gasteiger partial charge in [-0.1, -0.05) is 12.1 Å². The highest BCUT2D eigenvalue weighted by Crippen LogP contribution is 2.36. The molecule has 7 heteroatoms. The van der Waals surface area contributed by atoms with Gasteiger partial charge in [-0.15, -0.1) is 0 Å². The number of rotatable bonds is 4. The van der Waals surface area contributed by atoms with Crippen molar-refractivity contribution in [3.05, 3.63) is 29.8 Å². The highest BCUT2D eigenvalue weighted by molar-refractivity contribution is 7.92. The van der Waals surface area contributed by atoms with E-state index in [4.69, 9.17) is 0 Å². The standard InChI is InChI=1S/C14H19NO4S2/c1-11-3-2-4-14(9-11)21(18,19)15(12-5-6-12)13-7-8-20(16,17)10-13/h2-4,9,12-13H,5-8,10H2,1H3. The zero-order valence-corrected chi connectivity index (χ0v) is 13.5. The summed E-state index contributed by atoms with van der Waals surface area (Å²) in [6.07, 6.45) is 2.05. The minimum Gasteiger partial charge on any atom is -0.229 e. The third-order valence-corrected chi connectivity index (χ3v) is 7.79. The zero-order chi connectivity index (χ0) is 15.3. The Bertz CT molecular complexity index is 751. The minimum atomic E-state index is -3.63. The van der Waals surface area contributed by atoms with E-state index in [1.54, 1.807) is 18.2 Å². The van der Waals surface area contributed by atoms with E-state index in [1.165, 1.54) is 4.31 Å². The lowest BCUT2D eigenvalue weighted by atomic mass is 10.2. The first-order chi connectivity index (χ1) is 9.79. The van der Waals surface area contributed by atoms with Crippen molar-refractivity contribution in [1.82, 2.24) is 4.31 Å². The molecule has 116 valence electrons. The maximum absolute atomic E-state index is 12.9. The molecule has 21 heavy (non-hydrogen) atoms. The third kappa shape index (κ3) is 3.00. The molecule has 1 unspecified atom stereocenters. The smallest absolute Gasteiger partial charge is 0.229 e. The predicted molar refractivity (Wildman–Crippen MR) is 80.3 cm³/mol. The van der Waals surface area contributed by atoms with Gasteiger partial charge < -0.3 is 0 Å². The van der Waals surface area contributed by atoms with E-state index in [1.807, 2.05) is 13.0 Å². The number of hydrogen-bond donors (Lipinski definition) is 0. The first kappa shape index (κ1) is 15.0. The largest absolute Gasteiger partial charge is 0.243 e. The van der Waals surface area contributed by atoms with Crippen molar-refractivity contribution in [2.75, 3.05) is 11.5 Å². The van der Waals surface area contributed by atoms with E-state index in [0.717, 1.165) is 18.4 Å². The molecule has 1 aliphatic carbocycles. The molecule has 1 aliphatic heterocycles. The van der Waals surface area contributed by atoms with Crippen LogP contribution in [0.4, 0.5) is 0 Å². The molecule has 1 aromatic carbocycles. The maximum Gasteiger partial charge on any atom is 0.243 e. The molecule has 1 saturated carbocycles. The van der Waals surface area contributed by atoms with Crippen molar-refractivity contribution in [3.63, 3.8) is 0 Å². The van der Waals surface area contributed by atoms with Gasteiger partial charge in [-0.25, -0.2) is 16.8 Å². The summed E-state index contributed by atoms with van der Waals surface area (Å²) in [6.45, 7) is 1.85. The van der Waals surface area contributed by atoms with E-state index in [0.29, 0.717) is 6.42 Å². The van der Waals surface area contributed by atoms with Gasteiger partial charge in [0, 0.05) is 12.1 Å². The summed E-state index contributed by atoms with van der Waals surface area (Å²) in [5.74, 6) is 0.0404. The summed E-state index contributed by atoms with van der Waals surface area (Å²) in [6, 6.07) is 6.36. The van der Waals surface area contributed by atoms with Crippen molar-refractivity contribution < 1.29 is 16.8 Å². The Labute approximate surface area is 125 Å². The monoisotopic (exact) mass is 329 g/mol. The van der Waals surface area contributed by atoms with E-state index < -0.39 is 25.9 Å². The molecule has 0 N–H and O–H groups in total. The lowest BCUT2D eigenvalue weighted by molar-refractivity contribution is 0.332. The quantitative estimate of drug-likeness (QED) is 0.835. The fraction of sp³-hybridized carbons (Fsp3) is 0.571. The molecule has 0 aromatic heterocycles. The Kier molecular flexibility index (Phi) is 3.62. The van der Waals surface area contributed by atoms with Crippen LogP contribution in [0.15, 0.2) is 29.2 Å². The van der Waals surface area contributed by atoms with E-state index in [9.17, 15) is 16.8 Å². The molecule has 5 nitrogen and oxygen atoms in total. The van der Waals surface area contributed by atoms with E-state index in [2.05, 4.69) is 0 Å². The predicted octanol–water partition coefficient (Wildman–Crippen LogP) is 1.34. The van der Waals surface area contributed by atoms with Crippen LogP contribution in [0.5, 0.6) is 0 Å². The Morgan fingerprint density at radius 3 is 2.38 bits per heavy atom. The van der Waals surface area contributed by atoms with Gasteiger partial charge in [0.05, 0.1) is 16.4 Å². The summed E-state index contributed by atoms with van der Waals surface area (Å²) in [5, 5.41) is 0. The molecular weight excluding hydrogens is 310 g/mol. The van der Waals surface area contributed by atoms with Gasteiger partial charge in [-0.2, -0.15) is 4.31 Å². The molecule has 2 fully saturated rings. The Morgan fingerprint density at radius 2 is 1.86 bits per heavy atom. The van der Waals surface area contributed by atoms with Crippen LogP contribution in [0.1, 0.15) is 24.8 Å². The van der Waals surface area contributed by atoms with Gasteiger partial charge in [-0.05, 0) is 43.9 Å². The van der Waals surface area contributed by atoms with E-state index >= 15 is 0 Å². The number of sulfone groups is 1. The number of benzene rings is 1. The van der Waals surface area contributed by atoms with Crippen LogP contribution < -0.4 is 0 Å². The summed E-state index contributed by atoms with van der Waals surface area (Å²) >= 11 is 0.